The largest absolute Gasteiger partial charge is 0.609 e. The molecule has 1 heterocycles. The van der Waals surface area contributed by atoms with Crippen LogP contribution in [0.5, 0.6) is 0 Å². The van der Waals surface area contributed by atoms with Crippen molar-refractivity contribution in [2.75, 3.05) is 13.4 Å². The van der Waals surface area contributed by atoms with Crippen LogP contribution in [0.1, 0.15) is 16.1 Å². The number of carbonyl (C=O) groups excluding carboxylic acids is 1. The zero-order chi connectivity index (χ0) is 17.2. The number of carbonyl (C=O) groups is 1. The molecule has 23 heavy (non-hydrogen) atoms. The van der Waals surface area contributed by atoms with Crippen LogP contribution in [-0.4, -0.2) is 33.9 Å². The molecule has 122 valence electrons. The van der Waals surface area contributed by atoms with Crippen LogP contribution in [0.3, 0.4) is 0 Å². The summed E-state index contributed by atoms with van der Waals surface area (Å²) in [7, 11) is 1.22. The van der Waals surface area contributed by atoms with Crippen molar-refractivity contribution in [1.82, 2.24) is 9.97 Å². The highest BCUT2D eigenvalue weighted by Crippen LogP contribution is 2.31. The summed E-state index contributed by atoms with van der Waals surface area (Å²) in [5.74, 6) is -0.564. The maximum absolute atomic E-state index is 12.9. The summed E-state index contributed by atoms with van der Waals surface area (Å²) in [6.45, 7) is 0. The summed E-state index contributed by atoms with van der Waals surface area (Å²) >= 11 is -1.77. The third-order valence-corrected chi connectivity index (χ3v) is 3.55. The first-order valence-electron chi connectivity index (χ1n) is 6.21. The molecule has 5 nitrogen and oxygen atoms in total. The van der Waals surface area contributed by atoms with E-state index in [-0.39, 0.29) is 11.3 Å². The highest BCUT2D eigenvalue weighted by atomic mass is 32.2. The molecule has 1 atom stereocenters. The fourth-order valence-corrected chi connectivity index (χ4v) is 2.20. The molecule has 0 aliphatic rings. The summed E-state index contributed by atoms with van der Waals surface area (Å²) in [6, 6.07) is 6.43. The van der Waals surface area contributed by atoms with Crippen molar-refractivity contribution < 1.29 is 27.3 Å². The molecular weight excluding hydrogens is 333 g/mol. The van der Waals surface area contributed by atoms with Crippen LogP contribution < -0.4 is 0 Å². The van der Waals surface area contributed by atoms with E-state index in [1.807, 2.05) is 0 Å². The Morgan fingerprint density at radius 1 is 1.22 bits per heavy atom. The van der Waals surface area contributed by atoms with E-state index >= 15 is 0 Å². The molecule has 0 radical (unpaired) electrons. The SMILES string of the molecule is COC(=O)c1ccc(-c2cc(C(F)(F)F)nc([S+](C)[O-])n2)cc1. The molecule has 0 N–H and O–H groups in total. The number of benzene rings is 1. The second-order valence-electron chi connectivity index (χ2n) is 4.44. The lowest BCUT2D eigenvalue weighted by atomic mass is 10.1. The van der Waals surface area contributed by atoms with Gasteiger partial charge in [0.25, 0.3) is 0 Å². The second-order valence-corrected chi connectivity index (χ2v) is 5.72. The molecule has 0 aliphatic carbocycles. The fourth-order valence-electron chi connectivity index (χ4n) is 1.74. The monoisotopic (exact) mass is 344 g/mol. The predicted molar refractivity (Wildman–Crippen MR) is 76.1 cm³/mol. The molecule has 0 bridgehead atoms. The first kappa shape index (κ1) is 17.2. The maximum atomic E-state index is 12.9. The summed E-state index contributed by atoms with van der Waals surface area (Å²) in [5.41, 5.74) is -0.628. The molecule has 1 unspecified atom stereocenters. The van der Waals surface area contributed by atoms with Gasteiger partial charge in [0, 0.05) is 16.7 Å². The van der Waals surface area contributed by atoms with Crippen molar-refractivity contribution in [2.24, 2.45) is 0 Å². The summed E-state index contributed by atoms with van der Waals surface area (Å²) in [4.78, 5) is 18.5. The zero-order valence-electron chi connectivity index (χ0n) is 12.0. The van der Waals surface area contributed by atoms with Gasteiger partial charge in [0.15, 0.2) is 5.69 Å². The van der Waals surface area contributed by atoms with Crippen molar-refractivity contribution >= 4 is 17.1 Å². The molecule has 2 aromatic rings. The van der Waals surface area contributed by atoms with Gasteiger partial charge in [0.1, 0.15) is 6.26 Å². The molecule has 0 fully saturated rings. The van der Waals surface area contributed by atoms with E-state index in [4.69, 9.17) is 0 Å². The minimum atomic E-state index is -4.68. The van der Waals surface area contributed by atoms with Crippen LogP contribution in [0.2, 0.25) is 0 Å². The van der Waals surface area contributed by atoms with E-state index in [1.165, 1.54) is 37.6 Å². The second kappa shape index (κ2) is 6.55. The van der Waals surface area contributed by atoms with Gasteiger partial charge < -0.3 is 9.29 Å². The van der Waals surface area contributed by atoms with E-state index in [0.29, 0.717) is 5.56 Å². The van der Waals surface area contributed by atoms with Crippen LogP contribution in [0, 0.1) is 0 Å². The van der Waals surface area contributed by atoms with Gasteiger partial charge in [-0.1, -0.05) is 12.1 Å². The number of rotatable bonds is 3. The van der Waals surface area contributed by atoms with Crippen molar-refractivity contribution in [2.45, 2.75) is 11.3 Å². The zero-order valence-corrected chi connectivity index (χ0v) is 12.9. The number of ether oxygens (including phenoxy) is 1. The maximum Gasteiger partial charge on any atom is 0.433 e. The van der Waals surface area contributed by atoms with Crippen LogP contribution >= 0.6 is 0 Å². The molecular formula is C14H11F3N2O3S. The molecule has 0 saturated heterocycles. The number of alkyl halides is 3. The van der Waals surface area contributed by atoms with Gasteiger partial charge >= 0.3 is 17.3 Å². The molecule has 1 aromatic carbocycles. The smallest absolute Gasteiger partial charge is 0.433 e. The van der Waals surface area contributed by atoms with E-state index in [0.717, 1.165) is 6.07 Å². The molecule has 2 rings (SSSR count). The Morgan fingerprint density at radius 2 is 1.83 bits per heavy atom. The van der Waals surface area contributed by atoms with Gasteiger partial charge in [0.2, 0.25) is 0 Å². The van der Waals surface area contributed by atoms with Gasteiger partial charge in [-0.15, -0.1) is 0 Å². The quantitative estimate of drug-likeness (QED) is 0.486. The number of hydrogen-bond donors (Lipinski definition) is 0. The van der Waals surface area contributed by atoms with Crippen molar-refractivity contribution in [1.29, 1.82) is 0 Å². The topological polar surface area (TPSA) is 75.1 Å². The Labute approximate surface area is 132 Å². The molecule has 0 amide bonds. The van der Waals surface area contributed by atoms with E-state index in [2.05, 4.69) is 14.7 Å². The summed E-state index contributed by atoms with van der Waals surface area (Å²) in [5, 5.41) is -0.410. The van der Waals surface area contributed by atoms with Gasteiger partial charge in [-0.05, 0) is 18.2 Å². The predicted octanol–water partition coefficient (Wildman–Crippen LogP) is 2.69. The van der Waals surface area contributed by atoms with Crippen LogP contribution in [0.4, 0.5) is 13.2 Å². The molecule has 0 saturated carbocycles. The number of aromatic nitrogens is 2. The van der Waals surface area contributed by atoms with Crippen molar-refractivity contribution in [3.8, 4) is 11.3 Å². The van der Waals surface area contributed by atoms with E-state index < -0.39 is 34.2 Å². The van der Waals surface area contributed by atoms with Crippen molar-refractivity contribution in [3.05, 3.63) is 41.6 Å². The van der Waals surface area contributed by atoms with Gasteiger partial charge in [-0.3, -0.25) is 0 Å². The van der Waals surface area contributed by atoms with Gasteiger partial charge in [0.05, 0.1) is 18.4 Å². The van der Waals surface area contributed by atoms with Crippen LogP contribution in [0.25, 0.3) is 11.3 Å². The van der Waals surface area contributed by atoms with Gasteiger partial charge in [-0.2, -0.15) is 23.1 Å². The van der Waals surface area contributed by atoms with Gasteiger partial charge in [-0.25, -0.2) is 4.79 Å². The molecule has 1 aromatic heterocycles. The Balaban J connectivity index is 2.50. The fraction of sp³-hybridized carbons (Fsp3) is 0.214. The Hall–Kier alpha value is -2.13. The standard InChI is InChI=1S/C14H11F3N2O3S/c1-22-12(20)9-5-3-8(4-6-9)10-7-11(14(15,16)17)19-13(18-10)23(2)21/h3-7H,1-2H3. The third-order valence-electron chi connectivity index (χ3n) is 2.85. The van der Waals surface area contributed by atoms with Crippen molar-refractivity contribution in [3.63, 3.8) is 0 Å². The average Bonchev–Trinajstić information content (AvgIpc) is 2.53. The molecule has 0 aliphatic heterocycles. The summed E-state index contributed by atoms with van der Waals surface area (Å²) < 4.78 is 54.7. The Kier molecular flexibility index (Phi) is 4.90. The van der Waals surface area contributed by atoms with E-state index in [9.17, 15) is 22.5 Å². The Morgan fingerprint density at radius 3 is 2.30 bits per heavy atom. The number of halogens is 3. The van der Waals surface area contributed by atoms with Crippen LogP contribution in [-0.2, 0) is 22.1 Å². The third kappa shape index (κ3) is 3.99. The lowest BCUT2D eigenvalue weighted by Crippen LogP contribution is -2.14. The first-order chi connectivity index (χ1) is 10.7. The number of hydrogen-bond acceptors (Lipinski definition) is 5. The number of esters is 1. The summed E-state index contributed by atoms with van der Waals surface area (Å²) in [6.07, 6.45) is -3.49. The Bertz CT molecular complexity index is 718. The van der Waals surface area contributed by atoms with Crippen LogP contribution in [0.15, 0.2) is 35.5 Å². The number of methoxy groups -OCH3 is 1. The number of nitrogens with zero attached hydrogens (tertiary/aromatic N) is 2. The van der Waals surface area contributed by atoms with E-state index in [1.54, 1.807) is 0 Å². The normalized spacial score (nSPS) is 12.8. The minimum Gasteiger partial charge on any atom is -0.609 e. The lowest BCUT2D eigenvalue weighted by Gasteiger charge is -2.10. The highest BCUT2D eigenvalue weighted by molar-refractivity contribution is 7.90. The molecule has 9 heteroatoms. The lowest BCUT2D eigenvalue weighted by molar-refractivity contribution is -0.141. The minimum absolute atomic E-state index is 0.0334. The highest BCUT2D eigenvalue weighted by Gasteiger charge is 2.35. The average molecular weight is 344 g/mol. The first-order valence-corrected chi connectivity index (χ1v) is 7.76. The molecule has 0 spiro atoms.